The molecule has 0 unspecified atom stereocenters. The average molecular weight is 368 g/mol. The lowest BCUT2D eigenvalue weighted by molar-refractivity contribution is -0.116. The van der Waals surface area contributed by atoms with Crippen LogP contribution in [0.5, 0.6) is 0 Å². The van der Waals surface area contributed by atoms with E-state index < -0.39 is 0 Å². The van der Waals surface area contributed by atoms with E-state index in [0.717, 1.165) is 11.1 Å². The van der Waals surface area contributed by atoms with Gasteiger partial charge in [0, 0.05) is 18.3 Å². The quantitative estimate of drug-likeness (QED) is 0.731. The summed E-state index contributed by atoms with van der Waals surface area (Å²) in [5.41, 5.74) is 2.30. The van der Waals surface area contributed by atoms with Gasteiger partial charge in [-0.15, -0.1) is 11.3 Å². The van der Waals surface area contributed by atoms with Gasteiger partial charge in [-0.25, -0.2) is 4.39 Å². The van der Waals surface area contributed by atoms with Gasteiger partial charge in [0.05, 0.1) is 11.4 Å². The molecule has 0 radical (unpaired) electrons. The molecular formula is C20H17FN2O2S. The summed E-state index contributed by atoms with van der Waals surface area (Å²) in [6, 6.07) is 17.0. The van der Waals surface area contributed by atoms with Gasteiger partial charge in [-0.05, 0) is 41.3 Å². The first kappa shape index (κ1) is 17.8. The van der Waals surface area contributed by atoms with E-state index in [0.29, 0.717) is 10.6 Å². The molecule has 0 spiro atoms. The van der Waals surface area contributed by atoms with Gasteiger partial charge in [0.25, 0.3) is 5.91 Å². The molecular weight excluding hydrogens is 351 g/mol. The number of anilines is 1. The molecule has 1 aromatic heterocycles. The van der Waals surface area contributed by atoms with Crippen molar-refractivity contribution in [3.63, 3.8) is 0 Å². The van der Waals surface area contributed by atoms with E-state index in [9.17, 15) is 14.0 Å². The van der Waals surface area contributed by atoms with E-state index in [4.69, 9.17) is 0 Å². The summed E-state index contributed by atoms with van der Waals surface area (Å²) >= 11 is 1.35. The molecule has 2 amide bonds. The number of amides is 2. The Labute approximate surface area is 154 Å². The molecule has 0 fully saturated rings. The number of nitrogens with one attached hydrogen (secondary N) is 1. The van der Waals surface area contributed by atoms with Crippen molar-refractivity contribution in [3.8, 4) is 11.1 Å². The number of hydrogen-bond donors (Lipinski definition) is 1. The number of likely N-dealkylation sites (N-methyl/N-ethyl adjacent to an activating group) is 1. The lowest BCUT2D eigenvalue weighted by Gasteiger charge is -2.17. The monoisotopic (exact) mass is 368 g/mol. The molecule has 3 aromatic rings. The maximum Gasteiger partial charge on any atom is 0.264 e. The fraction of sp³-hybridized carbons (Fsp3) is 0.100. The van der Waals surface area contributed by atoms with Gasteiger partial charge in [0.15, 0.2) is 0 Å². The molecule has 0 saturated heterocycles. The molecule has 0 saturated carbocycles. The number of carbonyl (C=O) groups is 2. The first-order chi connectivity index (χ1) is 12.5. The predicted octanol–water partition coefficient (Wildman–Crippen LogP) is 4.26. The summed E-state index contributed by atoms with van der Waals surface area (Å²) < 4.78 is 12.9. The van der Waals surface area contributed by atoms with Crippen LogP contribution in [0, 0.1) is 5.82 Å². The van der Waals surface area contributed by atoms with Crippen molar-refractivity contribution in [1.29, 1.82) is 0 Å². The molecule has 26 heavy (non-hydrogen) atoms. The van der Waals surface area contributed by atoms with Crippen LogP contribution in [0.3, 0.4) is 0 Å². The van der Waals surface area contributed by atoms with Crippen molar-refractivity contribution in [2.24, 2.45) is 0 Å². The summed E-state index contributed by atoms with van der Waals surface area (Å²) in [6.07, 6.45) is 0. The Morgan fingerprint density at radius 3 is 2.42 bits per heavy atom. The van der Waals surface area contributed by atoms with Crippen LogP contribution < -0.4 is 5.32 Å². The molecule has 0 aliphatic carbocycles. The van der Waals surface area contributed by atoms with Crippen LogP contribution >= 0.6 is 11.3 Å². The Morgan fingerprint density at radius 2 is 1.73 bits per heavy atom. The minimum atomic E-state index is -0.374. The summed E-state index contributed by atoms with van der Waals surface area (Å²) in [5, 5.41) is 4.51. The molecule has 1 N–H and O–H groups in total. The minimum Gasteiger partial charge on any atom is -0.332 e. The van der Waals surface area contributed by atoms with Crippen LogP contribution in [0.25, 0.3) is 11.1 Å². The lowest BCUT2D eigenvalue weighted by atomic mass is 10.1. The summed E-state index contributed by atoms with van der Waals surface area (Å²) in [5.74, 6) is -0.931. The zero-order valence-electron chi connectivity index (χ0n) is 14.1. The zero-order valence-corrected chi connectivity index (χ0v) is 14.9. The van der Waals surface area contributed by atoms with E-state index in [1.54, 1.807) is 7.05 Å². The summed E-state index contributed by atoms with van der Waals surface area (Å²) in [6.45, 7) is -0.0949. The van der Waals surface area contributed by atoms with E-state index in [2.05, 4.69) is 5.32 Å². The SMILES string of the molecule is CN(CC(=O)Nc1ccc(F)cc1)C(=O)c1sccc1-c1ccccc1. The lowest BCUT2D eigenvalue weighted by Crippen LogP contribution is -2.34. The third-order valence-corrected chi connectivity index (χ3v) is 4.70. The summed E-state index contributed by atoms with van der Waals surface area (Å²) in [4.78, 5) is 26.8. The number of benzene rings is 2. The maximum atomic E-state index is 12.9. The first-order valence-corrected chi connectivity index (χ1v) is 8.86. The molecule has 6 heteroatoms. The van der Waals surface area contributed by atoms with Crippen molar-refractivity contribution in [2.75, 3.05) is 18.9 Å². The fourth-order valence-electron chi connectivity index (χ4n) is 2.51. The normalized spacial score (nSPS) is 10.4. The molecule has 2 aromatic carbocycles. The zero-order chi connectivity index (χ0) is 18.5. The van der Waals surface area contributed by atoms with Crippen LogP contribution in [0.2, 0.25) is 0 Å². The Bertz CT molecular complexity index is 907. The molecule has 0 bridgehead atoms. The van der Waals surface area contributed by atoms with Crippen molar-refractivity contribution >= 4 is 28.8 Å². The van der Waals surface area contributed by atoms with Gasteiger partial charge >= 0.3 is 0 Å². The molecule has 0 aliphatic rings. The van der Waals surface area contributed by atoms with Crippen molar-refractivity contribution in [1.82, 2.24) is 4.90 Å². The van der Waals surface area contributed by atoms with Gasteiger partial charge in [0.1, 0.15) is 5.82 Å². The van der Waals surface area contributed by atoms with Crippen LogP contribution in [0.1, 0.15) is 9.67 Å². The highest BCUT2D eigenvalue weighted by molar-refractivity contribution is 7.12. The van der Waals surface area contributed by atoms with Gasteiger partial charge < -0.3 is 10.2 Å². The maximum absolute atomic E-state index is 12.9. The number of nitrogens with zero attached hydrogens (tertiary/aromatic N) is 1. The van der Waals surface area contributed by atoms with Crippen LogP contribution in [-0.2, 0) is 4.79 Å². The Morgan fingerprint density at radius 1 is 1.04 bits per heavy atom. The second-order valence-corrected chi connectivity index (χ2v) is 6.66. The fourth-order valence-corrected chi connectivity index (χ4v) is 3.42. The van der Waals surface area contributed by atoms with E-state index in [-0.39, 0.29) is 24.2 Å². The second-order valence-electron chi connectivity index (χ2n) is 5.75. The Kier molecular flexibility index (Phi) is 5.43. The number of halogens is 1. The van der Waals surface area contributed by atoms with E-state index in [1.807, 2.05) is 41.8 Å². The number of carbonyl (C=O) groups excluding carboxylic acids is 2. The largest absolute Gasteiger partial charge is 0.332 e. The summed E-state index contributed by atoms with van der Waals surface area (Å²) in [7, 11) is 1.58. The first-order valence-electron chi connectivity index (χ1n) is 7.98. The standard InChI is InChI=1S/C20H17FN2O2S/c1-23(13-18(24)22-16-9-7-15(21)8-10-16)20(25)19-17(11-12-26-19)14-5-3-2-4-6-14/h2-12H,13H2,1H3,(H,22,24). The predicted molar refractivity (Wildman–Crippen MR) is 102 cm³/mol. The Balaban J connectivity index is 1.68. The highest BCUT2D eigenvalue weighted by Crippen LogP contribution is 2.29. The average Bonchev–Trinajstić information content (AvgIpc) is 3.13. The molecule has 1 heterocycles. The van der Waals surface area contributed by atoms with Gasteiger partial charge in [0.2, 0.25) is 5.91 Å². The smallest absolute Gasteiger partial charge is 0.264 e. The second kappa shape index (κ2) is 7.93. The van der Waals surface area contributed by atoms with Crippen molar-refractivity contribution in [2.45, 2.75) is 0 Å². The Hall–Kier alpha value is -2.99. The number of thiophene rings is 1. The minimum absolute atomic E-state index is 0.0949. The highest BCUT2D eigenvalue weighted by atomic mass is 32.1. The molecule has 3 rings (SSSR count). The molecule has 0 aliphatic heterocycles. The van der Waals surface area contributed by atoms with Crippen LogP contribution in [0.15, 0.2) is 66.0 Å². The third kappa shape index (κ3) is 4.15. The molecule has 4 nitrogen and oxygen atoms in total. The number of rotatable bonds is 5. The molecule has 0 atom stereocenters. The van der Waals surface area contributed by atoms with Crippen molar-refractivity contribution < 1.29 is 14.0 Å². The third-order valence-electron chi connectivity index (χ3n) is 3.80. The van der Waals surface area contributed by atoms with E-state index >= 15 is 0 Å². The van der Waals surface area contributed by atoms with Gasteiger partial charge in [-0.1, -0.05) is 30.3 Å². The topological polar surface area (TPSA) is 49.4 Å². The molecule has 132 valence electrons. The number of hydrogen-bond acceptors (Lipinski definition) is 3. The van der Waals surface area contributed by atoms with Crippen LogP contribution in [0.4, 0.5) is 10.1 Å². The van der Waals surface area contributed by atoms with Gasteiger partial charge in [-0.2, -0.15) is 0 Å². The highest BCUT2D eigenvalue weighted by Gasteiger charge is 2.20. The van der Waals surface area contributed by atoms with Crippen molar-refractivity contribution in [3.05, 3.63) is 76.7 Å². The van der Waals surface area contributed by atoms with Crippen LogP contribution in [-0.4, -0.2) is 30.3 Å². The van der Waals surface area contributed by atoms with Gasteiger partial charge in [-0.3, -0.25) is 9.59 Å². The van der Waals surface area contributed by atoms with E-state index in [1.165, 1.54) is 40.5 Å².